The van der Waals surface area contributed by atoms with Crippen LogP contribution in [-0.4, -0.2) is 156 Å². The highest BCUT2D eigenvalue weighted by molar-refractivity contribution is 6.27. The zero-order chi connectivity index (χ0) is 49.1. The Balaban J connectivity index is 0.683. The Kier molecular flexibility index (Phi) is 16.3. The summed E-state index contributed by atoms with van der Waals surface area (Å²) >= 11 is 6.07. The van der Waals surface area contributed by atoms with Gasteiger partial charge in [-0.05, 0) is 47.9 Å². The van der Waals surface area contributed by atoms with Crippen molar-refractivity contribution in [2.75, 3.05) is 77.7 Å². The minimum Gasteiger partial charge on any atom is -0.467 e. The highest BCUT2D eigenvalue weighted by atomic mass is 35.5. The zero-order valence-corrected chi connectivity index (χ0v) is 39.0. The first-order chi connectivity index (χ1) is 34.1. The number of rotatable bonds is 23. The minimum atomic E-state index is -1.03. The van der Waals surface area contributed by atoms with Crippen molar-refractivity contribution in [1.29, 1.82) is 0 Å². The van der Waals surface area contributed by atoms with E-state index in [0.717, 1.165) is 27.1 Å². The number of esters is 1. The van der Waals surface area contributed by atoms with E-state index in [2.05, 4.69) is 31.2 Å². The summed E-state index contributed by atoms with van der Waals surface area (Å²) in [6.07, 6.45) is 2.12. The molecule has 368 valence electrons. The molecule has 4 N–H and O–H groups in total. The fraction of sp³-hybridized carbons (Fsp3) is 0.396. The summed E-state index contributed by atoms with van der Waals surface area (Å²) in [5.41, 5.74) is 5.03. The fourth-order valence-electron chi connectivity index (χ4n) is 8.79. The molecule has 70 heavy (non-hydrogen) atoms. The molecule has 0 aliphatic carbocycles. The number of para-hydroxylation sites is 1. The van der Waals surface area contributed by atoms with Crippen LogP contribution in [0.1, 0.15) is 72.5 Å². The maximum atomic E-state index is 13.3. The van der Waals surface area contributed by atoms with Crippen LogP contribution in [0.4, 0.5) is 5.69 Å². The molecular formula is C48H52ClN9O12. The van der Waals surface area contributed by atoms with E-state index in [4.69, 9.17) is 35.3 Å². The monoisotopic (exact) mass is 981 g/mol. The van der Waals surface area contributed by atoms with Crippen molar-refractivity contribution in [3.8, 4) is 0 Å². The molecule has 3 aliphatic rings. The van der Waals surface area contributed by atoms with Crippen LogP contribution < -0.4 is 16.0 Å². The normalized spacial score (nSPS) is 17.7. The second kappa shape index (κ2) is 23.0. The summed E-state index contributed by atoms with van der Waals surface area (Å²) in [5, 5.41) is 17.4. The van der Waals surface area contributed by atoms with E-state index >= 15 is 0 Å². The molecule has 1 saturated heterocycles. The lowest BCUT2D eigenvalue weighted by Gasteiger charge is -2.40. The van der Waals surface area contributed by atoms with Crippen LogP contribution in [0.2, 0.25) is 0 Å². The van der Waals surface area contributed by atoms with Gasteiger partial charge < -0.3 is 44.2 Å². The van der Waals surface area contributed by atoms with Gasteiger partial charge in [-0.3, -0.25) is 39.0 Å². The molecule has 6 amide bonds. The molecule has 5 heterocycles. The number of ether oxygens (including phenoxy) is 5. The second-order valence-electron chi connectivity index (χ2n) is 16.5. The van der Waals surface area contributed by atoms with Gasteiger partial charge in [0.05, 0.1) is 96.4 Å². The maximum absolute atomic E-state index is 13.3. The smallest absolute Gasteiger partial charge is 0.328 e. The number of aromatic nitrogens is 4. The van der Waals surface area contributed by atoms with E-state index in [1.54, 1.807) is 53.3 Å². The van der Waals surface area contributed by atoms with Crippen LogP contribution >= 0.6 is 11.6 Å². The zero-order valence-electron chi connectivity index (χ0n) is 38.3. The third-order valence-electron chi connectivity index (χ3n) is 12.1. The van der Waals surface area contributed by atoms with Crippen LogP contribution in [0.15, 0.2) is 72.9 Å². The van der Waals surface area contributed by atoms with E-state index < -0.39 is 53.6 Å². The van der Waals surface area contributed by atoms with Gasteiger partial charge in [0.2, 0.25) is 17.7 Å². The topological polar surface area (TPSA) is 255 Å². The molecule has 1 unspecified atom stereocenters. The number of benzene rings is 3. The quantitative estimate of drug-likeness (QED) is 0.0318. The number of piperidine rings is 1. The lowest BCUT2D eigenvalue weighted by atomic mass is 9.87. The lowest BCUT2D eigenvalue weighted by Crippen LogP contribution is -2.54. The van der Waals surface area contributed by atoms with Gasteiger partial charge in [-0.2, -0.15) is 0 Å². The Hall–Kier alpha value is -7.04. The van der Waals surface area contributed by atoms with Crippen molar-refractivity contribution >= 4 is 69.6 Å². The summed E-state index contributed by atoms with van der Waals surface area (Å²) < 4.78 is 29.2. The number of H-pyrrole nitrogens is 1. The van der Waals surface area contributed by atoms with E-state index in [-0.39, 0.29) is 48.7 Å². The molecule has 3 aromatic carbocycles. The van der Waals surface area contributed by atoms with Crippen LogP contribution in [-0.2, 0) is 62.4 Å². The Morgan fingerprint density at radius 2 is 1.56 bits per heavy atom. The molecule has 0 spiro atoms. The molecule has 3 atom stereocenters. The van der Waals surface area contributed by atoms with Crippen LogP contribution in [0.5, 0.6) is 0 Å². The molecule has 5 aromatic rings. The molecule has 0 radical (unpaired) electrons. The number of anilines is 1. The average molecular weight is 982 g/mol. The van der Waals surface area contributed by atoms with Gasteiger partial charge in [0.15, 0.2) is 0 Å². The van der Waals surface area contributed by atoms with E-state index in [0.29, 0.717) is 88.5 Å². The maximum Gasteiger partial charge on any atom is 0.328 e. The summed E-state index contributed by atoms with van der Waals surface area (Å²) in [5.74, 6) is -3.87. The minimum absolute atomic E-state index is 0.0484. The van der Waals surface area contributed by atoms with E-state index in [1.165, 1.54) is 12.0 Å². The Morgan fingerprint density at radius 3 is 2.27 bits per heavy atom. The highest BCUT2D eigenvalue weighted by Gasteiger charge is 2.46. The predicted octanol–water partition coefficient (Wildman–Crippen LogP) is 2.52. The highest BCUT2D eigenvalue weighted by Crippen LogP contribution is 2.41. The fourth-order valence-corrected chi connectivity index (χ4v) is 8.93. The van der Waals surface area contributed by atoms with Gasteiger partial charge in [-0.15, -0.1) is 16.7 Å². The number of halogens is 1. The SMILES string of the molecule is COC(=O)[C@H]1Cc2c([nH]c3ccccc23)[C@H](c2ccc(C(=O)NCc3cn(CCOCCOCCOCCOCCNc4cccc5c4C(=O)N(C4CCC(=O)NC4=O)C5=O)nn3)cc2)N1C(=O)CCl. The number of aromatic amines is 1. The molecule has 21 nitrogen and oxygen atoms in total. The standard InChI is InChI=1S/C48H52ClN9O12/c1-66-48(65)38-25-34-32-5-2-3-7-35(32)52-42(34)43(57(38)40(60)26-49)29-9-11-30(12-10-29)44(61)51-27-31-28-56(55-54-31)16-18-68-20-22-70-24-23-69-21-19-67-17-15-50-36-8-4-6-33-41(36)47(64)58(46(33)63)37-13-14-39(59)53-45(37)62/h2-12,28,37-38,43,50,52H,13-27H2,1H3,(H,51,61)(H,53,59,62)/t37?,38-,43+/m1/s1. The third-order valence-corrected chi connectivity index (χ3v) is 12.4. The van der Waals surface area contributed by atoms with Crippen molar-refractivity contribution in [3.63, 3.8) is 0 Å². The van der Waals surface area contributed by atoms with Gasteiger partial charge in [0, 0.05) is 47.2 Å². The van der Waals surface area contributed by atoms with Crippen LogP contribution in [0, 0.1) is 0 Å². The number of alkyl halides is 1. The molecule has 1 fully saturated rings. The molecule has 22 heteroatoms. The number of nitrogens with one attached hydrogen (secondary N) is 4. The van der Waals surface area contributed by atoms with Crippen LogP contribution in [0.3, 0.4) is 0 Å². The van der Waals surface area contributed by atoms with Gasteiger partial charge >= 0.3 is 5.97 Å². The van der Waals surface area contributed by atoms with E-state index in [9.17, 15) is 33.6 Å². The number of carbonyl (C=O) groups is 7. The Morgan fingerprint density at radius 1 is 0.843 bits per heavy atom. The summed E-state index contributed by atoms with van der Waals surface area (Å²) in [6.45, 7) is 3.75. The number of nitrogens with zero attached hydrogens (tertiary/aromatic N) is 5. The van der Waals surface area contributed by atoms with Gasteiger partial charge in [0.1, 0.15) is 23.7 Å². The largest absolute Gasteiger partial charge is 0.467 e. The number of imide groups is 2. The number of carbonyl (C=O) groups excluding carboxylic acids is 7. The van der Waals surface area contributed by atoms with Crippen molar-refractivity contribution in [1.82, 2.24) is 40.4 Å². The van der Waals surface area contributed by atoms with Gasteiger partial charge in [-0.25, -0.2) is 9.48 Å². The van der Waals surface area contributed by atoms with Crippen molar-refractivity contribution in [2.45, 2.75) is 50.5 Å². The molecule has 8 rings (SSSR count). The van der Waals surface area contributed by atoms with Crippen molar-refractivity contribution in [3.05, 3.63) is 112 Å². The number of amides is 6. The first-order valence-electron chi connectivity index (χ1n) is 22.8. The number of hydrogen-bond donors (Lipinski definition) is 4. The number of hydrogen-bond acceptors (Lipinski definition) is 15. The molecule has 0 bridgehead atoms. The van der Waals surface area contributed by atoms with Crippen LogP contribution in [0.25, 0.3) is 10.9 Å². The summed E-state index contributed by atoms with van der Waals surface area (Å²) in [6, 6.07) is 16.9. The van der Waals surface area contributed by atoms with Gasteiger partial charge in [0.25, 0.3) is 17.7 Å². The lowest BCUT2D eigenvalue weighted by molar-refractivity contribution is -0.154. The predicted molar refractivity (Wildman–Crippen MR) is 250 cm³/mol. The molecular weight excluding hydrogens is 930 g/mol. The Bertz CT molecular complexity index is 2740. The summed E-state index contributed by atoms with van der Waals surface area (Å²) in [7, 11) is 1.29. The second-order valence-corrected chi connectivity index (χ2v) is 16.7. The Labute approximate surface area is 406 Å². The summed E-state index contributed by atoms with van der Waals surface area (Å²) in [4.78, 5) is 95.6. The van der Waals surface area contributed by atoms with E-state index in [1.807, 2.05) is 24.3 Å². The third kappa shape index (κ3) is 11.0. The molecule has 3 aliphatic heterocycles. The van der Waals surface area contributed by atoms with Crippen molar-refractivity contribution < 1.29 is 57.2 Å². The number of methoxy groups -OCH3 is 1. The molecule has 2 aromatic heterocycles. The van der Waals surface area contributed by atoms with Crippen molar-refractivity contribution in [2.24, 2.45) is 0 Å². The first-order valence-corrected chi connectivity index (χ1v) is 23.3. The average Bonchev–Trinajstić information content (AvgIpc) is 4.07. The number of fused-ring (bicyclic) bond motifs is 4. The molecule has 0 saturated carbocycles. The first kappa shape index (κ1) is 49.4. The van der Waals surface area contributed by atoms with Gasteiger partial charge in [-0.1, -0.05) is 41.6 Å².